The van der Waals surface area contributed by atoms with Gasteiger partial charge in [-0.3, -0.25) is 9.59 Å². The molecule has 0 aliphatic heterocycles. The molecule has 0 aromatic rings. The summed E-state index contributed by atoms with van der Waals surface area (Å²) in [6.07, 6.45) is 2.22. The summed E-state index contributed by atoms with van der Waals surface area (Å²) in [5.74, 6) is -1.40. The molecule has 0 aliphatic rings. The molecule has 0 spiro atoms. The molecule has 110 valence electrons. The van der Waals surface area contributed by atoms with Crippen molar-refractivity contribution in [2.24, 2.45) is 5.73 Å². The van der Waals surface area contributed by atoms with E-state index in [9.17, 15) is 14.4 Å². The van der Waals surface area contributed by atoms with Crippen molar-refractivity contribution in [2.45, 2.75) is 45.6 Å². The number of primary amides is 1. The molecule has 1 atom stereocenters. The molecule has 0 rings (SSSR count). The maximum Gasteiger partial charge on any atom is 0.323 e. The molecule has 0 aromatic heterocycles. The van der Waals surface area contributed by atoms with Crippen LogP contribution in [0, 0.1) is 0 Å². The van der Waals surface area contributed by atoms with Crippen molar-refractivity contribution < 1.29 is 19.5 Å². The normalized spacial score (nSPS) is 11.7. The molecule has 0 saturated heterocycles. The molecular weight excluding hydrogens is 250 g/mol. The fourth-order valence-corrected chi connectivity index (χ4v) is 1.52. The quantitative estimate of drug-likeness (QED) is 0.532. The number of hydrogen-bond donors (Lipinski definition) is 3. The van der Waals surface area contributed by atoms with Crippen LogP contribution < -0.4 is 11.1 Å². The molecule has 0 saturated carbocycles. The first-order chi connectivity index (χ1) is 8.88. The van der Waals surface area contributed by atoms with Gasteiger partial charge in [0.2, 0.25) is 5.91 Å². The maximum absolute atomic E-state index is 11.8. The second-order valence-corrected chi connectivity index (χ2v) is 4.43. The Morgan fingerprint density at radius 2 is 1.95 bits per heavy atom. The van der Waals surface area contributed by atoms with Crippen LogP contribution in [-0.4, -0.2) is 47.0 Å². The number of nitrogens with two attached hydrogens (primary N) is 1. The summed E-state index contributed by atoms with van der Waals surface area (Å²) in [6.45, 7) is 3.77. The van der Waals surface area contributed by atoms with Crippen molar-refractivity contribution in [3.05, 3.63) is 0 Å². The molecular formula is C12H23N3O4. The zero-order valence-corrected chi connectivity index (χ0v) is 11.5. The lowest BCUT2D eigenvalue weighted by atomic mass is 10.2. The predicted octanol–water partition coefficient (Wildman–Crippen LogP) is 0.537. The van der Waals surface area contributed by atoms with E-state index < -0.39 is 12.0 Å². The van der Waals surface area contributed by atoms with Gasteiger partial charge in [0.15, 0.2) is 0 Å². The van der Waals surface area contributed by atoms with E-state index in [1.807, 2.05) is 6.92 Å². The summed E-state index contributed by atoms with van der Waals surface area (Å²) in [7, 11) is 0. The zero-order chi connectivity index (χ0) is 14.8. The smallest absolute Gasteiger partial charge is 0.323 e. The third kappa shape index (κ3) is 8.01. The van der Waals surface area contributed by atoms with Crippen molar-refractivity contribution in [2.75, 3.05) is 13.1 Å². The first-order valence-electron chi connectivity index (χ1n) is 6.43. The van der Waals surface area contributed by atoms with E-state index in [1.54, 1.807) is 6.92 Å². The Bertz CT molecular complexity index is 320. The highest BCUT2D eigenvalue weighted by molar-refractivity contribution is 5.80. The van der Waals surface area contributed by atoms with Crippen molar-refractivity contribution in [1.82, 2.24) is 10.2 Å². The summed E-state index contributed by atoms with van der Waals surface area (Å²) < 4.78 is 0. The van der Waals surface area contributed by atoms with Crippen molar-refractivity contribution in [3.8, 4) is 0 Å². The summed E-state index contributed by atoms with van der Waals surface area (Å²) >= 11 is 0. The minimum atomic E-state index is -1.04. The summed E-state index contributed by atoms with van der Waals surface area (Å²) in [5.41, 5.74) is 5.00. The van der Waals surface area contributed by atoms with Gasteiger partial charge in [-0.2, -0.15) is 0 Å². The van der Waals surface area contributed by atoms with Gasteiger partial charge in [0, 0.05) is 19.0 Å². The first kappa shape index (κ1) is 17.2. The summed E-state index contributed by atoms with van der Waals surface area (Å²) in [6, 6.07) is -0.530. The number of carbonyl (C=O) groups excluding carboxylic acids is 2. The van der Waals surface area contributed by atoms with Gasteiger partial charge in [-0.25, -0.2) is 4.79 Å². The van der Waals surface area contributed by atoms with Crippen LogP contribution in [-0.2, 0) is 9.59 Å². The molecule has 0 fully saturated rings. The molecule has 19 heavy (non-hydrogen) atoms. The molecule has 0 heterocycles. The minimum absolute atomic E-state index is 0.137. The number of amides is 3. The van der Waals surface area contributed by atoms with Gasteiger partial charge < -0.3 is 21.1 Å². The number of urea groups is 1. The van der Waals surface area contributed by atoms with Gasteiger partial charge in [0.1, 0.15) is 6.54 Å². The Hall–Kier alpha value is -1.79. The second kappa shape index (κ2) is 9.18. The van der Waals surface area contributed by atoms with E-state index in [1.165, 1.54) is 4.90 Å². The van der Waals surface area contributed by atoms with E-state index >= 15 is 0 Å². The van der Waals surface area contributed by atoms with Crippen molar-refractivity contribution >= 4 is 17.9 Å². The SMILES string of the molecule is CCC(C)N(CC(=O)O)C(=O)NCCCCC(N)=O. The number of carboxylic acid groups (broad SMARTS) is 1. The zero-order valence-electron chi connectivity index (χ0n) is 11.5. The fraction of sp³-hybridized carbons (Fsp3) is 0.750. The number of carboxylic acids is 1. The van der Waals surface area contributed by atoms with Crippen LogP contribution in [0.15, 0.2) is 0 Å². The van der Waals surface area contributed by atoms with Crippen LogP contribution in [0.5, 0.6) is 0 Å². The monoisotopic (exact) mass is 273 g/mol. The molecule has 1 unspecified atom stereocenters. The average molecular weight is 273 g/mol. The number of hydrogen-bond acceptors (Lipinski definition) is 3. The molecule has 7 nitrogen and oxygen atoms in total. The van der Waals surface area contributed by atoms with Gasteiger partial charge in [0.05, 0.1) is 0 Å². The molecule has 0 aliphatic carbocycles. The van der Waals surface area contributed by atoms with E-state index in [-0.39, 0.29) is 18.5 Å². The highest BCUT2D eigenvalue weighted by atomic mass is 16.4. The number of aliphatic carboxylic acids is 1. The van der Waals surface area contributed by atoms with E-state index in [0.29, 0.717) is 32.2 Å². The lowest BCUT2D eigenvalue weighted by Gasteiger charge is -2.27. The summed E-state index contributed by atoms with van der Waals surface area (Å²) in [4.78, 5) is 34.4. The van der Waals surface area contributed by atoms with Crippen LogP contribution in [0.4, 0.5) is 4.79 Å². The number of carbonyl (C=O) groups is 3. The standard InChI is InChI=1S/C12H23N3O4/c1-3-9(2)15(8-11(17)18)12(19)14-7-5-4-6-10(13)16/h9H,3-8H2,1-2H3,(H2,13,16)(H,14,19)(H,17,18). The third-order valence-electron chi connectivity index (χ3n) is 2.82. The molecule has 3 amide bonds. The van der Waals surface area contributed by atoms with Crippen LogP contribution in [0.3, 0.4) is 0 Å². The Labute approximate surface area is 113 Å². The van der Waals surface area contributed by atoms with E-state index in [4.69, 9.17) is 10.8 Å². The Kier molecular flexibility index (Phi) is 8.32. The lowest BCUT2D eigenvalue weighted by molar-refractivity contribution is -0.138. The third-order valence-corrected chi connectivity index (χ3v) is 2.82. The maximum atomic E-state index is 11.8. The van der Waals surface area contributed by atoms with Crippen molar-refractivity contribution in [1.29, 1.82) is 0 Å². The topological polar surface area (TPSA) is 113 Å². The molecule has 0 aromatic carbocycles. The largest absolute Gasteiger partial charge is 0.480 e. The van der Waals surface area contributed by atoms with Crippen LogP contribution in [0.2, 0.25) is 0 Å². The van der Waals surface area contributed by atoms with Gasteiger partial charge in [-0.1, -0.05) is 6.92 Å². The molecule has 0 bridgehead atoms. The first-order valence-corrected chi connectivity index (χ1v) is 6.43. The number of rotatable bonds is 9. The molecule has 4 N–H and O–H groups in total. The Morgan fingerprint density at radius 1 is 1.32 bits per heavy atom. The second-order valence-electron chi connectivity index (χ2n) is 4.43. The predicted molar refractivity (Wildman–Crippen MR) is 70.5 cm³/mol. The average Bonchev–Trinajstić information content (AvgIpc) is 2.33. The van der Waals surface area contributed by atoms with Gasteiger partial charge in [-0.05, 0) is 26.2 Å². The summed E-state index contributed by atoms with van der Waals surface area (Å²) in [5, 5.41) is 11.4. The van der Waals surface area contributed by atoms with E-state index in [0.717, 1.165) is 0 Å². The molecule has 0 radical (unpaired) electrons. The number of nitrogens with zero attached hydrogens (tertiary/aromatic N) is 1. The van der Waals surface area contributed by atoms with Crippen LogP contribution in [0.25, 0.3) is 0 Å². The highest BCUT2D eigenvalue weighted by Gasteiger charge is 2.20. The number of unbranched alkanes of at least 4 members (excludes halogenated alkanes) is 1. The van der Waals surface area contributed by atoms with Crippen LogP contribution >= 0.6 is 0 Å². The van der Waals surface area contributed by atoms with Gasteiger partial charge >= 0.3 is 12.0 Å². The Balaban J connectivity index is 4.10. The van der Waals surface area contributed by atoms with Crippen molar-refractivity contribution in [3.63, 3.8) is 0 Å². The highest BCUT2D eigenvalue weighted by Crippen LogP contribution is 2.04. The number of nitrogens with one attached hydrogen (secondary N) is 1. The fourth-order valence-electron chi connectivity index (χ4n) is 1.52. The van der Waals surface area contributed by atoms with E-state index in [2.05, 4.69) is 5.32 Å². The molecule has 7 heteroatoms. The minimum Gasteiger partial charge on any atom is -0.480 e. The lowest BCUT2D eigenvalue weighted by Crippen LogP contribution is -2.47. The Morgan fingerprint density at radius 3 is 2.42 bits per heavy atom. The van der Waals surface area contributed by atoms with Gasteiger partial charge in [0.25, 0.3) is 0 Å². The van der Waals surface area contributed by atoms with Crippen LogP contribution in [0.1, 0.15) is 39.5 Å². The van der Waals surface area contributed by atoms with Gasteiger partial charge in [-0.15, -0.1) is 0 Å².